The lowest BCUT2D eigenvalue weighted by Gasteiger charge is -2.39. The second kappa shape index (κ2) is 29.6. The van der Waals surface area contributed by atoms with Gasteiger partial charge in [0.15, 0.2) is 39.2 Å². The van der Waals surface area contributed by atoms with Gasteiger partial charge in [-0.2, -0.15) is 26.3 Å². The van der Waals surface area contributed by atoms with Gasteiger partial charge >= 0.3 is 12.4 Å². The zero-order valence-electron chi connectivity index (χ0n) is 51.2. The number of aromatic hydroxyl groups is 1. The number of hydrogen-bond donors (Lipinski definition) is 2. The molecule has 0 saturated heterocycles. The van der Waals surface area contributed by atoms with Gasteiger partial charge in [-0.15, -0.1) is 0 Å². The van der Waals surface area contributed by atoms with Crippen molar-refractivity contribution in [3.8, 4) is 11.5 Å². The van der Waals surface area contributed by atoms with Gasteiger partial charge in [0.1, 0.15) is 17.6 Å². The van der Waals surface area contributed by atoms with Crippen LogP contribution in [-0.2, 0) is 34.0 Å². The SMILES string of the molecule is CC(C)(C)[Si](C)(C)OC[C@@H]1CCCC[C@@H]1O.CCCc1c(O)ccc2c(C(F)(F)F)noc12.CCCc1c(OC2CCCC[C@@H]2CO[Si](C)(C)C(C)(C)C)ccc2c(C(F)(F)F)noc12.c1ccc(P(c2ccccc2)c2ccccc2)cc1. The van der Waals surface area contributed by atoms with Crippen molar-refractivity contribution in [3.63, 3.8) is 0 Å². The Morgan fingerprint density at radius 1 is 0.536 bits per heavy atom. The summed E-state index contributed by atoms with van der Waals surface area (Å²) >= 11 is 0. The Hall–Kier alpha value is -5.04. The van der Waals surface area contributed by atoms with Gasteiger partial charge in [-0.3, -0.25) is 0 Å². The van der Waals surface area contributed by atoms with Crippen molar-refractivity contribution >= 4 is 62.4 Å². The smallest absolute Gasteiger partial charge is 0.437 e. The highest BCUT2D eigenvalue weighted by atomic mass is 31.1. The van der Waals surface area contributed by atoms with Crippen molar-refractivity contribution in [2.24, 2.45) is 11.8 Å². The van der Waals surface area contributed by atoms with Crippen molar-refractivity contribution in [3.05, 3.63) is 138 Å². The van der Waals surface area contributed by atoms with Crippen molar-refractivity contribution in [2.75, 3.05) is 13.2 Å². The van der Waals surface area contributed by atoms with Crippen molar-refractivity contribution in [2.45, 2.75) is 193 Å². The lowest BCUT2D eigenvalue weighted by molar-refractivity contribution is -0.142. The number of fused-ring (bicyclic) bond motifs is 2. The molecule has 5 aromatic carbocycles. The first kappa shape index (κ1) is 68.1. The van der Waals surface area contributed by atoms with Crippen LogP contribution in [0.4, 0.5) is 26.3 Å². The summed E-state index contributed by atoms with van der Waals surface area (Å²) in [5, 5.41) is 30.3. The highest BCUT2D eigenvalue weighted by Crippen LogP contribution is 2.43. The molecule has 2 fully saturated rings. The summed E-state index contributed by atoms with van der Waals surface area (Å²) in [6.45, 7) is 27.8. The topological polar surface area (TPSA) is 120 Å². The minimum absolute atomic E-state index is 0.00486. The fourth-order valence-electron chi connectivity index (χ4n) is 9.89. The molecule has 2 aliphatic rings. The maximum atomic E-state index is 13.3. The van der Waals surface area contributed by atoms with Crippen LogP contribution in [-0.4, -0.2) is 62.6 Å². The predicted molar refractivity (Wildman–Crippen MR) is 333 cm³/mol. The molecule has 0 radical (unpaired) electrons. The van der Waals surface area contributed by atoms with Crippen LogP contribution in [0.15, 0.2) is 124 Å². The number of aliphatic hydroxyl groups excluding tert-OH is 1. The summed E-state index contributed by atoms with van der Waals surface area (Å²) in [6, 6.07) is 37.8. The number of aromatic nitrogens is 2. The largest absolute Gasteiger partial charge is 0.508 e. The lowest BCUT2D eigenvalue weighted by atomic mass is 9.87. The van der Waals surface area contributed by atoms with Crippen LogP contribution in [0, 0.1) is 11.8 Å². The fraction of sp³-hybridized carbons (Fsp3) is 0.515. The number of ether oxygens (including phenoxy) is 1. The van der Waals surface area contributed by atoms with E-state index in [4.69, 9.17) is 22.6 Å². The molecule has 7 aromatic rings. The van der Waals surface area contributed by atoms with Crippen molar-refractivity contribution < 1.29 is 59.2 Å². The van der Waals surface area contributed by atoms with E-state index < -0.39 is 48.3 Å². The van der Waals surface area contributed by atoms with E-state index >= 15 is 0 Å². The Balaban J connectivity index is 0.000000188. The number of rotatable bonds is 15. The zero-order valence-corrected chi connectivity index (χ0v) is 54.1. The minimum Gasteiger partial charge on any atom is -0.508 e. The third-order valence-electron chi connectivity index (χ3n) is 16.9. The van der Waals surface area contributed by atoms with E-state index in [2.05, 4.69) is 169 Å². The summed E-state index contributed by atoms with van der Waals surface area (Å²) < 4.78 is 107. The van der Waals surface area contributed by atoms with Crippen LogP contribution in [0.3, 0.4) is 0 Å². The summed E-state index contributed by atoms with van der Waals surface area (Å²) in [4.78, 5) is 0. The molecular weight excluding hydrogens is 1130 g/mol. The van der Waals surface area contributed by atoms with E-state index in [9.17, 15) is 36.6 Å². The quantitative estimate of drug-likeness (QED) is 0.0587. The maximum Gasteiger partial charge on any atom is 0.437 e. The van der Waals surface area contributed by atoms with Crippen LogP contribution in [0.25, 0.3) is 21.9 Å². The van der Waals surface area contributed by atoms with Crippen LogP contribution < -0.4 is 20.7 Å². The number of hydrogen-bond acceptors (Lipinski definition) is 9. The van der Waals surface area contributed by atoms with Crippen molar-refractivity contribution in [1.82, 2.24) is 10.3 Å². The third-order valence-corrected chi connectivity index (χ3v) is 28.4. The van der Waals surface area contributed by atoms with Crippen LogP contribution in [0.1, 0.15) is 142 Å². The normalized spacial score (nSPS) is 18.1. The van der Waals surface area contributed by atoms with Crippen LogP contribution in [0.5, 0.6) is 11.5 Å². The summed E-state index contributed by atoms with van der Waals surface area (Å²) in [5.41, 5.74) is -0.795. The Labute approximate surface area is 497 Å². The molecule has 0 aliphatic heterocycles. The zero-order chi connectivity index (χ0) is 61.7. The first-order valence-electron chi connectivity index (χ1n) is 29.7. The molecule has 18 heteroatoms. The van der Waals surface area contributed by atoms with Crippen LogP contribution >= 0.6 is 7.92 Å². The second-order valence-corrected chi connectivity index (χ2v) is 37.1. The van der Waals surface area contributed by atoms with Gasteiger partial charge in [-0.1, -0.05) is 189 Å². The summed E-state index contributed by atoms with van der Waals surface area (Å²) in [5.74, 6) is 1.18. The molecule has 2 saturated carbocycles. The number of phenolic OH excluding ortho intramolecular Hbond substituents is 1. The summed E-state index contributed by atoms with van der Waals surface area (Å²) in [6.07, 6.45) is 1.91. The van der Waals surface area contributed by atoms with Crippen molar-refractivity contribution in [1.29, 1.82) is 0 Å². The lowest BCUT2D eigenvalue weighted by Crippen LogP contribution is -2.44. The molecule has 9 rings (SSSR count). The monoisotopic (exact) mass is 1220 g/mol. The molecule has 460 valence electrons. The third kappa shape index (κ3) is 18.0. The van der Waals surface area contributed by atoms with Crippen LogP contribution in [0.2, 0.25) is 36.3 Å². The maximum absolute atomic E-state index is 13.3. The number of benzene rings is 5. The molecule has 1 unspecified atom stereocenters. The van der Waals surface area contributed by atoms with E-state index in [0.717, 1.165) is 51.6 Å². The van der Waals surface area contributed by atoms with Gasteiger partial charge in [0.25, 0.3) is 0 Å². The molecule has 2 aliphatic carbocycles. The van der Waals surface area contributed by atoms with E-state index in [0.29, 0.717) is 48.7 Å². The Kier molecular flexibility index (Phi) is 24.0. The van der Waals surface area contributed by atoms with Gasteiger partial charge in [0.2, 0.25) is 0 Å². The van der Waals surface area contributed by atoms with Gasteiger partial charge in [-0.25, -0.2) is 0 Å². The Bertz CT molecular complexity index is 3010. The molecule has 9 nitrogen and oxygen atoms in total. The molecule has 0 spiro atoms. The molecule has 2 N–H and O–H groups in total. The first-order valence-corrected chi connectivity index (χ1v) is 36.9. The number of alkyl halides is 6. The predicted octanol–water partition coefficient (Wildman–Crippen LogP) is 18.3. The van der Waals surface area contributed by atoms with E-state index in [1.54, 1.807) is 6.07 Å². The first-order chi connectivity index (χ1) is 39.5. The molecule has 2 aromatic heterocycles. The number of halogens is 6. The number of aryl methyl sites for hydroxylation is 2. The standard InChI is InChI=1S/C24H36F3NO3Si.C18H15P.C13H28O2Si.C11H10F3NO2/c1-7-10-17-20(14-13-18-21(17)31-28-22(18)24(25,26)27)30-19-12-9-8-11-16(19)15-29-32(5,6)23(2,3)4;1-4-10-16(11-5-1)19(17-12-6-2-7-13-17)18-14-8-3-9-15-18;1-13(2,3)16(4,5)15-10-11-8-6-7-9-12(11)14;1-2-3-6-8(16)5-4-7-9(6)17-15-10(7)11(12,13)14/h13-14,16,19H,7-12,15H2,1-6H3;1-15H;11-12,14H,6-10H2,1-5H3;4-5,16H,2-3H2,1H3/t16-,19?;;11-,12-;/m1.0./s1. The van der Waals surface area contributed by atoms with E-state index in [-0.39, 0.29) is 55.9 Å². The van der Waals surface area contributed by atoms with Gasteiger partial charge in [0.05, 0.1) is 16.9 Å². The number of aliphatic hydroxyl groups is 1. The Morgan fingerprint density at radius 2 is 0.929 bits per heavy atom. The number of phenols is 1. The fourth-order valence-corrected chi connectivity index (χ4v) is 14.3. The highest BCUT2D eigenvalue weighted by Gasteiger charge is 2.42. The molecule has 4 atom stereocenters. The molecule has 0 amide bonds. The molecular formula is C66H89F6N2O7PSi2. The van der Waals surface area contributed by atoms with Gasteiger partial charge < -0.3 is 32.8 Å². The summed E-state index contributed by atoms with van der Waals surface area (Å²) in [7, 11) is -3.95. The second-order valence-electron chi connectivity index (χ2n) is 25.2. The molecule has 84 heavy (non-hydrogen) atoms. The average Bonchev–Trinajstić information content (AvgIpc) is 3.59. The van der Waals surface area contributed by atoms with Gasteiger partial charge in [0, 0.05) is 36.2 Å². The van der Waals surface area contributed by atoms with E-state index in [1.807, 2.05) is 13.8 Å². The number of nitrogens with zero attached hydrogens (tertiary/aromatic N) is 2. The van der Waals surface area contributed by atoms with E-state index in [1.165, 1.54) is 47.0 Å². The Morgan fingerprint density at radius 3 is 1.36 bits per heavy atom. The molecule has 0 bridgehead atoms. The average molecular weight is 1220 g/mol. The highest BCUT2D eigenvalue weighted by molar-refractivity contribution is 7.79. The minimum atomic E-state index is -4.55. The van der Waals surface area contributed by atoms with Gasteiger partial charge in [-0.05, 0) is 129 Å². The molecule has 2 heterocycles.